The molecule has 0 aliphatic heterocycles. The molecule has 0 amide bonds. The average Bonchev–Trinajstić information content (AvgIpc) is 2.89. The minimum absolute atomic E-state index is 0.820. The van der Waals surface area contributed by atoms with Crippen LogP contribution in [0, 0.1) is 17.3 Å². The molecule has 1 radical (unpaired) electrons. The Hall–Kier alpha value is 0. The molecule has 3 fully saturated rings. The van der Waals surface area contributed by atoms with Crippen LogP contribution in [-0.4, -0.2) is 0 Å². The monoisotopic (exact) mass is 177 g/mol. The van der Waals surface area contributed by atoms with Gasteiger partial charge in [0.25, 0.3) is 0 Å². The zero-order chi connectivity index (χ0) is 8.73. The summed E-state index contributed by atoms with van der Waals surface area (Å²) in [5.74, 6) is 3.15. The van der Waals surface area contributed by atoms with E-state index >= 15 is 0 Å². The van der Waals surface area contributed by atoms with E-state index in [-0.39, 0.29) is 0 Å². The van der Waals surface area contributed by atoms with Gasteiger partial charge in [-0.25, -0.2) is 0 Å². The van der Waals surface area contributed by atoms with Gasteiger partial charge in [0.1, 0.15) is 0 Å². The van der Waals surface area contributed by atoms with Gasteiger partial charge in [-0.05, 0) is 55.8 Å². The van der Waals surface area contributed by atoms with E-state index in [9.17, 15) is 0 Å². The summed E-state index contributed by atoms with van der Waals surface area (Å²) in [5.41, 5.74) is 0.820. The molecule has 0 N–H and O–H groups in total. The van der Waals surface area contributed by atoms with Gasteiger partial charge in [0.15, 0.2) is 0 Å². The van der Waals surface area contributed by atoms with Crippen molar-refractivity contribution in [3.8, 4) is 0 Å². The Morgan fingerprint density at radius 1 is 0.846 bits per heavy atom. The summed E-state index contributed by atoms with van der Waals surface area (Å²) in [5, 5.41) is 0. The first kappa shape index (κ1) is 8.32. The molecular weight excluding hydrogens is 156 g/mol. The summed E-state index contributed by atoms with van der Waals surface area (Å²) in [6, 6.07) is 0. The Bertz CT molecular complexity index is 180. The van der Waals surface area contributed by atoms with Crippen molar-refractivity contribution in [2.45, 2.75) is 64.2 Å². The van der Waals surface area contributed by atoms with Gasteiger partial charge in [-0.2, -0.15) is 0 Å². The first-order valence-electron chi connectivity index (χ1n) is 6.27. The molecule has 0 bridgehead atoms. The summed E-state index contributed by atoms with van der Waals surface area (Å²) in [6.07, 6.45) is 15.3. The van der Waals surface area contributed by atoms with Gasteiger partial charge in [0.05, 0.1) is 0 Å². The standard InChI is InChI=1S/C13H21/c1-2-5-11(6-3-1)13(9-4-10-13)12-7-8-12/h12H,1-10H2. The second-order valence-corrected chi connectivity index (χ2v) is 5.45. The second kappa shape index (κ2) is 3.00. The maximum Gasteiger partial charge on any atom is -0.0176 e. The van der Waals surface area contributed by atoms with Crippen molar-refractivity contribution in [3.05, 3.63) is 5.92 Å². The molecule has 0 heteroatoms. The highest BCUT2D eigenvalue weighted by Gasteiger charge is 2.53. The van der Waals surface area contributed by atoms with Crippen LogP contribution in [0.1, 0.15) is 64.2 Å². The predicted octanol–water partition coefficient (Wildman–Crippen LogP) is 4.11. The minimum atomic E-state index is 0.820. The highest BCUT2D eigenvalue weighted by molar-refractivity contribution is 5.17. The third kappa shape index (κ3) is 1.25. The molecule has 0 aromatic rings. The summed E-state index contributed by atoms with van der Waals surface area (Å²) < 4.78 is 0. The van der Waals surface area contributed by atoms with E-state index in [0.717, 1.165) is 11.3 Å². The van der Waals surface area contributed by atoms with E-state index in [4.69, 9.17) is 0 Å². The molecule has 0 spiro atoms. The Labute approximate surface area is 82.1 Å². The van der Waals surface area contributed by atoms with E-state index in [1.165, 1.54) is 38.5 Å². The maximum absolute atomic E-state index is 2.01. The van der Waals surface area contributed by atoms with Crippen LogP contribution in [0.5, 0.6) is 0 Å². The smallest absolute Gasteiger partial charge is 0.0176 e. The summed E-state index contributed by atoms with van der Waals surface area (Å²) in [6.45, 7) is 0. The molecule has 3 aliphatic carbocycles. The van der Waals surface area contributed by atoms with Crippen molar-refractivity contribution in [1.82, 2.24) is 0 Å². The minimum Gasteiger partial charge on any atom is -0.0533 e. The number of rotatable bonds is 2. The lowest BCUT2D eigenvalue weighted by Crippen LogP contribution is -2.39. The van der Waals surface area contributed by atoms with Crippen LogP contribution in [0.4, 0.5) is 0 Å². The zero-order valence-electron chi connectivity index (χ0n) is 8.65. The molecule has 0 atom stereocenters. The van der Waals surface area contributed by atoms with Gasteiger partial charge in [-0.1, -0.05) is 25.7 Å². The fraction of sp³-hybridized carbons (Fsp3) is 0.923. The highest BCUT2D eigenvalue weighted by atomic mass is 14.6. The van der Waals surface area contributed by atoms with Gasteiger partial charge in [-0.15, -0.1) is 0 Å². The Kier molecular flexibility index (Phi) is 1.92. The number of hydrogen-bond acceptors (Lipinski definition) is 0. The van der Waals surface area contributed by atoms with Crippen molar-refractivity contribution < 1.29 is 0 Å². The normalized spacial score (nSPS) is 34.2. The lowest BCUT2D eigenvalue weighted by atomic mass is 9.55. The van der Waals surface area contributed by atoms with Crippen LogP contribution in [0.2, 0.25) is 0 Å². The Balaban J connectivity index is 1.71. The molecule has 3 saturated carbocycles. The zero-order valence-corrected chi connectivity index (χ0v) is 8.65. The average molecular weight is 177 g/mol. The quantitative estimate of drug-likeness (QED) is 0.595. The van der Waals surface area contributed by atoms with Gasteiger partial charge >= 0.3 is 0 Å². The highest BCUT2D eigenvalue weighted by Crippen LogP contribution is 2.64. The fourth-order valence-corrected chi connectivity index (χ4v) is 3.72. The van der Waals surface area contributed by atoms with Crippen LogP contribution in [-0.2, 0) is 0 Å². The third-order valence-corrected chi connectivity index (χ3v) is 4.77. The molecule has 13 heavy (non-hydrogen) atoms. The van der Waals surface area contributed by atoms with Crippen molar-refractivity contribution in [3.63, 3.8) is 0 Å². The predicted molar refractivity (Wildman–Crippen MR) is 55.3 cm³/mol. The molecule has 0 unspecified atom stereocenters. The molecule has 0 nitrogen and oxygen atoms in total. The van der Waals surface area contributed by atoms with E-state index in [1.807, 2.05) is 5.92 Å². The van der Waals surface area contributed by atoms with Crippen LogP contribution in [0.25, 0.3) is 0 Å². The van der Waals surface area contributed by atoms with E-state index in [1.54, 1.807) is 25.7 Å². The molecule has 3 aliphatic rings. The van der Waals surface area contributed by atoms with E-state index in [2.05, 4.69) is 0 Å². The SMILES string of the molecule is C1CC[C](C2(C3CC3)CCC2)CC1. The van der Waals surface area contributed by atoms with Crippen molar-refractivity contribution in [2.24, 2.45) is 11.3 Å². The van der Waals surface area contributed by atoms with Crippen LogP contribution >= 0.6 is 0 Å². The van der Waals surface area contributed by atoms with E-state index in [0.29, 0.717) is 0 Å². The topological polar surface area (TPSA) is 0 Å². The summed E-state index contributed by atoms with van der Waals surface area (Å²) in [7, 11) is 0. The lowest BCUT2D eigenvalue weighted by Gasteiger charge is -2.50. The largest absolute Gasteiger partial charge is 0.0533 e. The first-order valence-corrected chi connectivity index (χ1v) is 6.27. The van der Waals surface area contributed by atoms with E-state index < -0.39 is 0 Å². The second-order valence-electron chi connectivity index (χ2n) is 5.45. The molecule has 0 aromatic carbocycles. The number of hydrogen-bond donors (Lipinski definition) is 0. The van der Waals surface area contributed by atoms with Crippen LogP contribution in [0.15, 0.2) is 0 Å². The summed E-state index contributed by atoms with van der Waals surface area (Å²) >= 11 is 0. The van der Waals surface area contributed by atoms with Crippen molar-refractivity contribution >= 4 is 0 Å². The molecule has 0 aromatic heterocycles. The Morgan fingerprint density at radius 2 is 1.54 bits per heavy atom. The van der Waals surface area contributed by atoms with Crippen molar-refractivity contribution in [1.29, 1.82) is 0 Å². The summed E-state index contributed by atoms with van der Waals surface area (Å²) in [4.78, 5) is 0. The molecule has 3 rings (SSSR count). The van der Waals surface area contributed by atoms with Gasteiger partial charge < -0.3 is 0 Å². The molecule has 73 valence electrons. The van der Waals surface area contributed by atoms with Crippen LogP contribution < -0.4 is 0 Å². The molecule has 0 heterocycles. The molecular formula is C13H21. The lowest BCUT2D eigenvalue weighted by molar-refractivity contribution is 0.0979. The fourth-order valence-electron chi connectivity index (χ4n) is 3.72. The van der Waals surface area contributed by atoms with Crippen molar-refractivity contribution in [2.75, 3.05) is 0 Å². The van der Waals surface area contributed by atoms with Gasteiger partial charge in [0, 0.05) is 0 Å². The van der Waals surface area contributed by atoms with Gasteiger partial charge in [0.2, 0.25) is 0 Å². The third-order valence-electron chi connectivity index (χ3n) is 4.77. The molecule has 0 saturated heterocycles. The Morgan fingerprint density at radius 3 is 2.00 bits per heavy atom. The maximum atomic E-state index is 2.01. The van der Waals surface area contributed by atoms with Crippen LogP contribution in [0.3, 0.4) is 0 Å². The first-order chi connectivity index (χ1) is 6.42. The van der Waals surface area contributed by atoms with Gasteiger partial charge in [-0.3, -0.25) is 0 Å².